The number of fused-ring (bicyclic) bond motifs is 1. The first-order valence-corrected chi connectivity index (χ1v) is 8.96. The summed E-state index contributed by atoms with van der Waals surface area (Å²) in [6.07, 6.45) is 0. The number of carbonyl (C=O) groups is 1. The van der Waals surface area contributed by atoms with Crippen LogP contribution in [0.15, 0.2) is 72.1 Å². The fraction of sp³-hybridized carbons (Fsp3) is 0. The van der Waals surface area contributed by atoms with E-state index in [1.807, 2.05) is 23.6 Å². The molecule has 1 N–H and O–H groups in total. The maximum absolute atomic E-state index is 12.3. The molecule has 0 spiro atoms. The van der Waals surface area contributed by atoms with Crippen molar-refractivity contribution in [1.29, 1.82) is 0 Å². The first-order chi connectivity index (χ1) is 12.2. The Morgan fingerprint density at radius 3 is 2.64 bits per heavy atom. The molecule has 0 fully saturated rings. The fourth-order valence-electron chi connectivity index (χ4n) is 2.61. The van der Waals surface area contributed by atoms with E-state index in [2.05, 4.69) is 34.6 Å². The van der Waals surface area contributed by atoms with Gasteiger partial charge in [0.25, 0.3) is 5.91 Å². The van der Waals surface area contributed by atoms with Gasteiger partial charge in [0, 0.05) is 21.5 Å². The van der Waals surface area contributed by atoms with E-state index in [4.69, 9.17) is 11.6 Å². The van der Waals surface area contributed by atoms with Crippen LogP contribution >= 0.6 is 22.9 Å². The number of thiazole rings is 1. The van der Waals surface area contributed by atoms with Crippen LogP contribution in [0.4, 0.5) is 5.13 Å². The van der Waals surface area contributed by atoms with Crippen molar-refractivity contribution in [3.63, 3.8) is 0 Å². The standard InChI is InChI=1S/C20H13ClN2OS/c21-17-7-3-6-16(11-17)19(24)23-20-22-18(12-25-20)15-9-8-13-4-1-2-5-14(13)10-15/h1-12H,(H,22,23,24). The van der Waals surface area contributed by atoms with Gasteiger partial charge in [-0.3, -0.25) is 10.1 Å². The third-order valence-electron chi connectivity index (χ3n) is 3.86. The molecule has 1 aromatic heterocycles. The molecule has 0 aliphatic carbocycles. The van der Waals surface area contributed by atoms with Gasteiger partial charge < -0.3 is 0 Å². The number of amides is 1. The third kappa shape index (κ3) is 3.40. The predicted octanol–water partition coefficient (Wildman–Crippen LogP) is 5.87. The zero-order valence-corrected chi connectivity index (χ0v) is 14.6. The monoisotopic (exact) mass is 364 g/mol. The molecule has 5 heteroatoms. The minimum absolute atomic E-state index is 0.220. The Morgan fingerprint density at radius 1 is 0.960 bits per heavy atom. The maximum Gasteiger partial charge on any atom is 0.257 e. The fourth-order valence-corrected chi connectivity index (χ4v) is 3.52. The number of nitrogens with zero attached hydrogens (tertiary/aromatic N) is 1. The van der Waals surface area contributed by atoms with Crippen molar-refractivity contribution in [1.82, 2.24) is 4.98 Å². The van der Waals surface area contributed by atoms with Crippen molar-refractivity contribution >= 4 is 44.7 Å². The minimum Gasteiger partial charge on any atom is -0.298 e. The summed E-state index contributed by atoms with van der Waals surface area (Å²) in [5.74, 6) is -0.220. The van der Waals surface area contributed by atoms with Gasteiger partial charge in [0.05, 0.1) is 5.69 Å². The van der Waals surface area contributed by atoms with Crippen molar-refractivity contribution in [3.05, 3.63) is 82.7 Å². The van der Waals surface area contributed by atoms with Gasteiger partial charge in [0.1, 0.15) is 0 Å². The molecule has 0 bridgehead atoms. The van der Waals surface area contributed by atoms with Crippen LogP contribution in [0.2, 0.25) is 5.02 Å². The highest BCUT2D eigenvalue weighted by atomic mass is 35.5. The van der Waals surface area contributed by atoms with Gasteiger partial charge in [-0.1, -0.05) is 54.1 Å². The predicted molar refractivity (Wildman–Crippen MR) is 104 cm³/mol. The summed E-state index contributed by atoms with van der Waals surface area (Å²) in [7, 11) is 0. The number of nitrogens with one attached hydrogen (secondary N) is 1. The van der Waals surface area contributed by atoms with Gasteiger partial charge in [-0.05, 0) is 35.0 Å². The molecule has 0 aliphatic heterocycles. The molecule has 0 atom stereocenters. The largest absolute Gasteiger partial charge is 0.298 e. The van der Waals surface area contributed by atoms with Gasteiger partial charge in [-0.15, -0.1) is 11.3 Å². The van der Waals surface area contributed by atoms with Crippen LogP contribution in [0.5, 0.6) is 0 Å². The second-order valence-corrected chi connectivity index (χ2v) is 6.86. The van der Waals surface area contributed by atoms with Crippen LogP contribution in [0.25, 0.3) is 22.0 Å². The average molecular weight is 365 g/mol. The molecule has 0 aliphatic rings. The lowest BCUT2D eigenvalue weighted by molar-refractivity contribution is 0.102. The Kier molecular flexibility index (Phi) is 4.22. The number of aromatic nitrogens is 1. The molecule has 3 nitrogen and oxygen atoms in total. The number of carbonyl (C=O) groups excluding carboxylic acids is 1. The zero-order chi connectivity index (χ0) is 17.2. The average Bonchev–Trinajstić information content (AvgIpc) is 3.10. The van der Waals surface area contributed by atoms with Crippen molar-refractivity contribution < 1.29 is 4.79 Å². The van der Waals surface area contributed by atoms with Crippen molar-refractivity contribution in [2.75, 3.05) is 5.32 Å². The summed E-state index contributed by atoms with van der Waals surface area (Å²) < 4.78 is 0. The summed E-state index contributed by atoms with van der Waals surface area (Å²) >= 11 is 7.33. The molecule has 122 valence electrons. The van der Waals surface area contributed by atoms with E-state index in [0.717, 1.165) is 16.6 Å². The number of halogens is 1. The first-order valence-electron chi connectivity index (χ1n) is 7.71. The minimum atomic E-state index is -0.220. The number of hydrogen-bond donors (Lipinski definition) is 1. The molecule has 4 aromatic rings. The Labute approximate surface area is 153 Å². The topological polar surface area (TPSA) is 42.0 Å². The van der Waals surface area contributed by atoms with E-state index in [-0.39, 0.29) is 5.91 Å². The second kappa shape index (κ2) is 6.67. The van der Waals surface area contributed by atoms with Crippen molar-refractivity contribution in [2.45, 2.75) is 0 Å². The lowest BCUT2D eigenvalue weighted by Crippen LogP contribution is -2.11. The highest BCUT2D eigenvalue weighted by Gasteiger charge is 2.10. The van der Waals surface area contributed by atoms with Crippen LogP contribution in [0.3, 0.4) is 0 Å². The van der Waals surface area contributed by atoms with Gasteiger partial charge in [-0.25, -0.2) is 4.98 Å². The zero-order valence-electron chi connectivity index (χ0n) is 13.1. The molecule has 1 heterocycles. The van der Waals surface area contributed by atoms with E-state index in [1.54, 1.807) is 24.3 Å². The van der Waals surface area contributed by atoms with E-state index in [1.165, 1.54) is 16.7 Å². The maximum atomic E-state index is 12.3. The summed E-state index contributed by atoms with van der Waals surface area (Å²) in [6.45, 7) is 0. The van der Waals surface area contributed by atoms with Crippen LogP contribution in [-0.2, 0) is 0 Å². The molecule has 3 aromatic carbocycles. The number of rotatable bonds is 3. The van der Waals surface area contributed by atoms with E-state index < -0.39 is 0 Å². The van der Waals surface area contributed by atoms with Crippen molar-refractivity contribution in [2.24, 2.45) is 0 Å². The number of anilines is 1. The van der Waals surface area contributed by atoms with Gasteiger partial charge >= 0.3 is 0 Å². The van der Waals surface area contributed by atoms with E-state index >= 15 is 0 Å². The highest BCUT2D eigenvalue weighted by molar-refractivity contribution is 7.14. The summed E-state index contributed by atoms with van der Waals surface area (Å²) in [5.41, 5.74) is 2.38. The summed E-state index contributed by atoms with van der Waals surface area (Å²) in [6, 6.07) is 21.3. The summed E-state index contributed by atoms with van der Waals surface area (Å²) in [4.78, 5) is 16.8. The molecule has 4 rings (SSSR count). The molecule has 25 heavy (non-hydrogen) atoms. The molecular formula is C20H13ClN2OS. The molecule has 0 unspecified atom stereocenters. The normalized spacial score (nSPS) is 10.8. The molecular weight excluding hydrogens is 352 g/mol. The van der Waals surface area contributed by atoms with E-state index in [0.29, 0.717) is 15.7 Å². The SMILES string of the molecule is O=C(Nc1nc(-c2ccc3ccccc3c2)cs1)c1cccc(Cl)c1. The Hall–Kier alpha value is -2.69. The van der Waals surface area contributed by atoms with Crippen molar-refractivity contribution in [3.8, 4) is 11.3 Å². The van der Waals surface area contributed by atoms with Crippen LogP contribution < -0.4 is 5.32 Å². The third-order valence-corrected chi connectivity index (χ3v) is 4.85. The lowest BCUT2D eigenvalue weighted by Gasteiger charge is -2.02. The smallest absolute Gasteiger partial charge is 0.257 e. The Bertz CT molecular complexity index is 1070. The molecule has 1 amide bonds. The Morgan fingerprint density at radius 2 is 1.80 bits per heavy atom. The van der Waals surface area contributed by atoms with Crippen LogP contribution in [-0.4, -0.2) is 10.9 Å². The molecule has 0 saturated carbocycles. The lowest BCUT2D eigenvalue weighted by atomic mass is 10.1. The number of benzene rings is 3. The van der Waals surface area contributed by atoms with E-state index in [9.17, 15) is 4.79 Å². The highest BCUT2D eigenvalue weighted by Crippen LogP contribution is 2.28. The quantitative estimate of drug-likeness (QED) is 0.494. The van der Waals surface area contributed by atoms with Gasteiger partial charge in [0.2, 0.25) is 0 Å². The first kappa shape index (κ1) is 15.8. The molecule has 0 radical (unpaired) electrons. The van der Waals surface area contributed by atoms with Gasteiger partial charge in [0.15, 0.2) is 5.13 Å². The molecule has 0 saturated heterocycles. The van der Waals surface area contributed by atoms with Gasteiger partial charge in [-0.2, -0.15) is 0 Å². The van der Waals surface area contributed by atoms with Crippen LogP contribution in [0, 0.1) is 0 Å². The second-order valence-electron chi connectivity index (χ2n) is 5.56. The summed E-state index contributed by atoms with van der Waals surface area (Å²) in [5, 5.41) is 8.21. The van der Waals surface area contributed by atoms with Crippen LogP contribution in [0.1, 0.15) is 10.4 Å². The number of hydrogen-bond acceptors (Lipinski definition) is 3. The Balaban J connectivity index is 1.58.